The number of ketones is 1. The number of nitrogens with zero attached hydrogens (tertiary/aromatic N) is 3. The molecule has 0 saturated carbocycles. The SMILES string of the molecule is CCOC(=O)c1cc(C(=O)c2sc(N(c3ccc(F)cc3)C(C)C(N)=O)nc2N)on1. The number of carbonyl (C=O) groups is 3. The number of halogens is 1. The first-order chi connectivity index (χ1) is 14.7. The van der Waals surface area contributed by atoms with Crippen LogP contribution in [0.2, 0.25) is 0 Å². The van der Waals surface area contributed by atoms with Crippen molar-refractivity contribution in [2.45, 2.75) is 19.9 Å². The van der Waals surface area contributed by atoms with E-state index in [2.05, 4.69) is 10.1 Å². The number of hydrogen-bond acceptors (Lipinski definition) is 10. The summed E-state index contributed by atoms with van der Waals surface area (Å²) in [5, 5.41) is 3.71. The van der Waals surface area contributed by atoms with Crippen molar-refractivity contribution in [3.05, 3.63) is 52.5 Å². The van der Waals surface area contributed by atoms with E-state index < -0.39 is 29.5 Å². The normalized spacial score (nSPS) is 11.7. The summed E-state index contributed by atoms with van der Waals surface area (Å²) in [5.74, 6) is -2.88. The molecule has 162 valence electrons. The molecule has 0 radical (unpaired) electrons. The van der Waals surface area contributed by atoms with Gasteiger partial charge in [-0.15, -0.1) is 0 Å². The molecule has 3 aromatic rings. The van der Waals surface area contributed by atoms with Gasteiger partial charge in [0.15, 0.2) is 10.8 Å². The van der Waals surface area contributed by atoms with Gasteiger partial charge in [0.25, 0.3) is 0 Å². The predicted octanol–water partition coefficient (Wildman–Crippen LogP) is 2.27. The van der Waals surface area contributed by atoms with Crippen LogP contribution < -0.4 is 16.4 Å². The minimum Gasteiger partial charge on any atom is -0.461 e. The Morgan fingerprint density at radius 1 is 1.29 bits per heavy atom. The quantitative estimate of drug-likeness (QED) is 0.391. The van der Waals surface area contributed by atoms with Crippen LogP contribution in [0.1, 0.15) is 39.8 Å². The largest absolute Gasteiger partial charge is 0.461 e. The fourth-order valence-corrected chi connectivity index (χ4v) is 3.64. The summed E-state index contributed by atoms with van der Waals surface area (Å²) in [6.07, 6.45) is 0. The van der Waals surface area contributed by atoms with E-state index in [9.17, 15) is 18.8 Å². The maximum Gasteiger partial charge on any atom is 0.360 e. The summed E-state index contributed by atoms with van der Waals surface area (Å²) in [7, 11) is 0. The third-order valence-electron chi connectivity index (χ3n) is 4.18. The molecule has 2 heterocycles. The number of nitrogens with two attached hydrogens (primary N) is 2. The molecule has 12 heteroatoms. The highest BCUT2D eigenvalue weighted by atomic mass is 32.1. The van der Waals surface area contributed by atoms with Crippen molar-refractivity contribution < 1.29 is 28.0 Å². The number of esters is 1. The number of aromatic nitrogens is 2. The van der Waals surface area contributed by atoms with Crippen molar-refractivity contribution in [1.29, 1.82) is 0 Å². The molecular formula is C19H18FN5O5S. The van der Waals surface area contributed by atoms with Crippen molar-refractivity contribution in [2.75, 3.05) is 17.2 Å². The van der Waals surface area contributed by atoms with E-state index in [1.807, 2.05) is 0 Å². The smallest absolute Gasteiger partial charge is 0.360 e. The van der Waals surface area contributed by atoms with E-state index >= 15 is 0 Å². The number of primary amides is 1. The number of carbonyl (C=O) groups excluding carboxylic acids is 3. The van der Waals surface area contributed by atoms with E-state index in [0.717, 1.165) is 17.4 Å². The number of anilines is 3. The first-order valence-corrected chi connectivity index (χ1v) is 9.83. The van der Waals surface area contributed by atoms with Gasteiger partial charge in [-0.1, -0.05) is 16.5 Å². The first-order valence-electron chi connectivity index (χ1n) is 9.01. The van der Waals surface area contributed by atoms with Gasteiger partial charge in [0, 0.05) is 11.8 Å². The highest BCUT2D eigenvalue weighted by Crippen LogP contribution is 2.36. The predicted molar refractivity (Wildman–Crippen MR) is 110 cm³/mol. The van der Waals surface area contributed by atoms with E-state index in [0.29, 0.717) is 5.69 Å². The lowest BCUT2D eigenvalue weighted by molar-refractivity contribution is -0.118. The van der Waals surface area contributed by atoms with E-state index in [1.165, 1.54) is 36.1 Å². The zero-order chi connectivity index (χ0) is 22.7. The number of ether oxygens (including phenoxy) is 1. The molecule has 0 aliphatic carbocycles. The number of hydrogen-bond donors (Lipinski definition) is 2. The van der Waals surface area contributed by atoms with Crippen molar-refractivity contribution in [1.82, 2.24) is 10.1 Å². The average Bonchev–Trinajstić information content (AvgIpc) is 3.36. The van der Waals surface area contributed by atoms with Crippen LogP contribution in [0.25, 0.3) is 0 Å². The van der Waals surface area contributed by atoms with E-state index in [1.54, 1.807) is 6.92 Å². The van der Waals surface area contributed by atoms with Gasteiger partial charge in [-0.25, -0.2) is 14.2 Å². The molecule has 10 nitrogen and oxygen atoms in total. The summed E-state index contributed by atoms with van der Waals surface area (Å²) < 4.78 is 23.1. The van der Waals surface area contributed by atoms with Crippen LogP contribution in [-0.4, -0.2) is 40.4 Å². The number of benzene rings is 1. The molecule has 1 amide bonds. The number of rotatable bonds is 8. The van der Waals surface area contributed by atoms with Crippen LogP contribution in [0.3, 0.4) is 0 Å². The zero-order valence-corrected chi connectivity index (χ0v) is 17.3. The highest BCUT2D eigenvalue weighted by molar-refractivity contribution is 7.18. The highest BCUT2D eigenvalue weighted by Gasteiger charge is 2.29. The zero-order valence-electron chi connectivity index (χ0n) is 16.5. The molecule has 1 atom stereocenters. The van der Waals surface area contributed by atoms with Gasteiger partial charge in [-0.2, -0.15) is 0 Å². The Morgan fingerprint density at radius 3 is 2.58 bits per heavy atom. The summed E-state index contributed by atoms with van der Waals surface area (Å²) in [4.78, 5) is 42.0. The van der Waals surface area contributed by atoms with Crippen LogP contribution in [0.5, 0.6) is 0 Å². The lowest BCUT2D eigenvalue weighted by Crippen LogP contribution is -2.39. The summed E-state index contributed by atoms with van der Waals surface area (Å²) >= 11 is 0.878. The van der Waals surface area contributed by atoms with Gasteiger partial charge in [0.2, 0.25) is 17.5 Å². The van der Waals surface area contributed by atoms with Crippen LogP contribution in [-0.2, 0) is 9.53 Å². The molecule has 3 rings (SSSR count). The summed E-state index contributed by atoms with van der Waals surface area (Å²) in [6.45, 7) is 3.30. The van der Waals surface area contributed by atoms with Crippen molar-refractivity contribution in [3.8, 4) is 0 Å². The lowest BCUT2D eigenvalue weighted by Gasteiger charge is -2.26. The Labute approximate surface area is 179 Å². The number of amides is 1. The van der Waals surface area contributed by atoms with Gasteiger partial charge in [-0.05, 0) is 38.1 Å². The fraction of sp³-hybridized carbons (Fsp3) is 0.211. The van der Waals surface area contributed by atoms with Gasteiger partial charge < -0.3 is 25.6 Å². The Balaban J connectivity index is 1.97. The molecule has 0 bridgehead atoms. The first kappa shape index (κ1) is 21.9. The second-order valence-corrected chi connectivity index (χ2v) is 7.24. The molecule has 1 unspecified atom stereocenters. The standard InChI is InChI=1S/C19H18FN5O5S/c1-3-29-18(28)12-8-13(30-24-12)14(26)15-16(21)23-19(31-15)25(9(2)17(22)27)11-6-4-10(20)5-7-11/h4-9H,3,21H2,1-2H3,(H2,22,27). The van der Waals surface area contributed by atoms with Crippen molar-refractivity contribution in [3.63, 3.8) is 0 Å². The maximum absolute atomic E-state index is 13.3. The second-order valence-electron chi connectivity index (χ2n) is 6.26. The molecule has 0 saturated heterocycles. The number of nitrogen functional groups attached to an aromatic ring is 1. The van der Waals surface area contributed by atoms with Crippen LogP contribution >= 0.6 is 11.3 Å². The summed E-state index contributed by atoms with van der Waals surface area (Å²) in [5.41, 5.74) is 11.6. The van der Waals surface area contributed by atoms with Crippen molar-refractivity contribution in [2.24, 2.45) is 5.73 Å². The Hall–Kier alpha value is -3.80. The third kappa shape index (κ3) is 4.53. The van der Waals surface area contributed by atoms with Crippen LogP contribution in [0.15, 0.2) is 34.9 Å². The van der Waals surface area contributed by atoms with Crippen LogP contribution in [0, 0.1) is 5.82 Å². The molecule has 0 fully saturated rings. The monoisotopic (exact) mass is 447 g/mol. The maximum atomic E-state index is 13.3. The van der Waals surface area contributed by atoms with Crippen LogP contribution in [0.4, 0.5) is 21.0 Å². The molecule has 0 spiro atoms. The molecule has 31 heavy (non-hydrogen) atoms. The molecule has 2 aromatic heterocycles. The van der Waals surface area contributed by atoms with Gasteiger partial charge in [-0.3, -0.25) is 9.59 Å². The van der Waals surface area contributed by atoms with Gasteiger partial charge in [0.05, 0.1) is 6.61 Å². The molecule has 1 aromatic carbocycles. The third-order valence-corrected chi connectivity index (χ3v) is 5.25. The lowest BCUT2D eigenvalue weighted by atomic mass is 10.2. The minimum atomic E-state index is -0.875. The molecule has 4 N–H and O–H groups in total. The van der Waals surface area contributed by atoms with Gasteiger partial charge in [0.1, 0.15) is 22.6 Å². The average molecular weight is 447 g/mol. The minimum absolute atomic E-state index is 0.00495. The number of thiazole rings is 1. The molecule has 0 aliphatic heterocycles. The summed E-state index contributed by atoms with van der Waals surface area (Å²) in [6, 6.07) is 5.57. The Kier molecular flexibility index (Phi) is 6.30. The Bertz CT molecular complexity index is 1130. The van der Waals surface area contributed by atoms with Gasteiger partial charge >= 0.3 is 5.97 Å². The second kappa shape index (κ2) is 8.92. The van der Waals surface area contributed by atoms with E-state index in [4.69, 9.17) is 20.7 Å². The Morgan fingerprint density at radius 2 is 1.97 bits per heavy atom. The van der Waals surface area contributed by atoms with Crippen molar-refractivity contribution >= 4 is 45.6 Å². The van der Waals surface area contributed by atoms with E-state index in [-0.39, 0.29) is 33.9 Å². The topological polar surface area (TPSA) is 155 Å². The molecular weight excluding hydrogens is 429 g/mol. The fourth-order valence-electron chi connectivity index (χ4n) is 2.61. The molecule has 0 aliphatic rings.